The van der Waals surface area contributed by atoms with Crippen LogP contribution in [-0.2, 0) is 11.3 Å². The van der Waals surface area contributed by atoms with Crippen LogP contribution in [0.3, 0.4) is 0 Å². The van der Waals surface area contributed by atoms with E-state index in [1.165, 1.54) is 19.3 Å². The minimum Gasteiger partial charge on any atom is -0.481 e. The molecule has 0 aliphatic heterocycles. The van der Waals surface area contributed by atoms with Crippen molar-refractivity contribution < 1.29 is 9.90 Å². The average molecular weight is 262 g/mol. The summed E-state index contributed by atoms with van der Waals surface area (Å²) < 4.78 is 1.72. The summed E-state index contributed by atoms with van der Waals surface area (Å²) in [6.07, 6.45) is 4.14. The van der Waals surface area contributed by atoms with Crippen molar-refractivity contribution in [1.82, 2.24) is 20.2 Å². The minimum atomic E-state index is -0.794. The van der Waals surface area contributed by atoms with Crippen molar-refractivity contribution >= 4 is 5.97 Å². The smallest absolute Gasteiger partial charge is 0.308 e. The van der Waals surface area contributed by atoms with Gasteiger partial charge < -0.3 is 5.11 Å². The van der Waals surface area contributed by atoms with Gasteiger partial charge in [-0.05, 0) is 53.4 Å². The molecule has 0 aromatic carbocycles. The van der Waals surface area contributed by atoms with Crippen molar-refractivity contribution in [2.24, 2.45) is 29.6 Å². The first kappa shape index (κ1) is 11.4. The molecular weight excluding hydrogens is 244 g/mol. The molecule has 0 amide bonds. The molecule has 1 N–H and O–H groups in total. The number of fused-ring (bicyclic) bond motifs is 5. The summed E-state index contributed by atoms with van der Waals surface area (Å²) in [5, 5.41) is 20.9. The van der Waals surface area contributed by atoms with Crippen molar-refractivity contribution in [3.8, 4) is 0 Å². The number of carbonyl (C=O) groups is 1. The maximum Gasteiger partial charge on any atom is 0.308 e. The summed E-state index contributed by atoms with van der Waals surface area (Å²) in [5.41, 5.74) is 0. The summed E-state index contributed by atoms with van der Waals surface area (Å²) in [6, 6.07) is 0. The Morgan fingerprint density at radius 2 is 2.11 bits per heavy atom. The Morgan fingerprint density at radius 1 is 1.42 bits per heavy atom. The number of hydrogen-bond donors (Lipinski definition) is 1. The molecule has 0 spiro atoms. The van der Waals surface area contributed by atoms with E-state index in [9.17, 15) is 4.79 Å². The lowest BCUT2D eigenvalue weighted by Gasteiger charge is -2.10. The fourth-order valence-electron chi connectivity index (χ4n) is 4.59. The van der Waals surface area contributed by atoms with Crippen LogP contribution in [0.1, 0.15) is 37.9 Å². The molecule has 3 aliphatic carbocycles. The number of hydrogen-bond acceptors (Lipinski definition) is 4. The van der Waals surface area contributed by atoms with E-state index in [1.54, 1.807) is 11.6 Å². The number of carboxylic acids is 1. The van der Waals surface area contributed by atoms with Gasteiger partial charge in [-0.15, -0.1) is 5.10 Å². The van der Waals surface area contributed by atoms with Crippen molar-refractivity contribution in [2.75, 3.05) is 0 Å². The first-order valence-corrected chi connectivity index (χ1v) is 7.15. The van der Waals surface area contributed by atoms with Crippen molar-refractivity contribution in [2.45, 2.75) is 38.6 Å². The molecule has 1 aromatic heterocycles. The molecule has 3 fully saturated rings. The molecule has 2 bridgehead atoms. The third-order valence-corrected chi connectivity index (χ3v) is 5.46. The molecule has 5 atom stereocenters. The van der Waals surface area contributed by atoms with Crippen molar-refractivity contribution in [3.05, 3.63) is 5.82 Å². The van der Waals surface area contributed by atoms with Crippen LogP contribution in [0.4, 0.5) is 0 Å². The fraction of sp³-hybridized carbons (Fsp3) is 0.846. The molecule has 0 saturated heterocycles. The predicted molar refractivity (Wildman–Crippen MR) is 65.2 cm³/mol. The van der Waals surface area contributed by atoms with Gasteiger partial charge >= 0.3 is 5.97 Å². The van der Waals surface area contributed by atoms with Crippen LogP contribution in [0.15, 0.2) is 0 Å². The van der Waals surface area contributed by atoms with Gasteiger partial charge in [-0.1, -0.05) is 6.92 Å². The third-order valence-electron chi connectivity index (χ3n) is 5.46. The highest BCUT2D eigenvalue weighted by Gasteiger charge is 2.66. The molecule has 3 saturated carbocycles. The highest BCUT2D eigenvalue weighted by molar-refractivity contribution is 5.69. The van der Waals surface area contributed by atoms with Crippen LogP contribution in [0.5, 0.6) is 0 Å². The molecule has 1 heterocycles. The SMILES string of the molecule is CC(Cn1nnnc1C1C2C3CCC(C3)C12)C(=O)O. The topological polar surface area (TPSA) is 80.9 Å². The predicted octanol–water partition coefficient (Wildman–Crippen LogP) is 1.15. The maximum atomic E-state index is 11.0. The standard InChI is InChI=1S/C13H18N4O2/c1-6(13(18)19)5-17-12(14-15-16-17)11-9-7-2-3-8(4-7)10(9)11/h6-11H,2-5H2,1H3,(H,18,19). The number of tetrazole rings is 1. The molecule has 1 aromatic rings. The Kier molecular flexibility index (Phi) is 2.26. The van der Waals surface area contributed by atoms with E-state index in [1.807, 2.05) is 0 Å². The van der Waals surface area contributed by atoms with Crippen LogP contribution < -0.4 is 0 Å². The molecule has 4 rings (SSSR count). The molecule has 19 heavy (non-hydrogen) atoms. The molecule has 6 nitrogen and oxygen atoms in total. The number of nitrogens with zero attached hydrogens (tertiary/aromatic N) is 4. The Labute approximate surface area is 111 Å². The molecule has 5 unspecified atom stereocenters. The van der Waals surface area contributed by atoms with E-state index in [2.05, 4.69) is 15.5 Å². The van der Waals surface area contributed by atoms with Gasteiger partial charge in [0.2, 0.25) is 0 Å². The van der Waals surface area contributed by atoms with Gasteiger partial charge in [0.15, 0.2) is 5.82 Å². The lowest BCUT2D eigenvalue weighted by molar-refractivity contribution is -0.141. The van der Waals surface area contributed by atoms with Crippen LogP contribution in [0.25, 0.3) is 0 Å². The zero-order chi connectivity index (χ0) is 13.1. The van der Waals surface area contributed by atoms with Gasteiger partial charge in [0.1, 0.15) is 0 Å². The number of carboxylic acid groups (broad SMARTS) is 1. The van der Waals surface area contributed by atoms with Gasteiger partial charge in [0.05, 0.1) is 12.5 Å². The number of aliphatic carboxylic acids is 1. The maximum absolute atomic E-state index is 11.0. The van der Waals surface area contributed by atoms with Crippen LogP contribution in [-0.4, -0.2) is 31.3 Å². The molecular formula is C13H18N4O2. The first-order valence-electron chi connectivity index (χ1n) is 7.15. The average Bonchev–Trinajstić information content (AvgIpc) is 2.77. The largest absolute Gasteiger partial charge is 0.481 e. The van der Waals surface area contributed by atoms with Crippen LogP contribution >= 0.6 is 0 Å². The Balaban J connectivity index is 1.54. The molecule has 3 aliphatic rings. The second kappa shape index (κ2) is 3.77. The van der Waals surface area contributed by atoms with Crippen LogP contribution in [0, 0.1) is 29.6 Å². The second-order valence-corrected chi connectivity index (χ2v) is 6.47. The molecule has 102 valence electrons. The fourth-order valence-corrected chi connectivity index (χ4v) is 4.59. The van der Waals surface area contributed by atoms with Gasteiger partial charge in [0.25, 0.3) is 0 Å². The second-order valence-electron chi connectivity index (χ2n) is 6.47. The van der Waals surface area contributed by atoms with E-state index < -0.39 is 11.9 Å². The van der Waals surface area contributed by atoms with E-state index in [-0.39, 0.29) is 0 Å². The van der Waals surface area contributed by atoms with Gasteiger partial charge in [0, 0.05) is 5.92 Å². The van der Waals surface area contributed by atoms with E-state index in [0.717, 1.165) is 29.5 Å². The molecule has 0 radical (unpaired) electrons. The lowest BCUT2D eigenvalue weighted by atomic mass is 10.0. The number of aromatic nitrogens is 4. The first-order chi connectivity index (χ1) is 9.16. The Morgan fingerprint density at radius 3 is 2.74 bits per heavy atom. The molecule has 6 heteroatoms. The number of rotatable bonds is 4. The van der Waals surface area contributed by atoms with E-state index in [4.69, 9.17) is 5.11 Å². The quantitative estimate of drug-likeness (QED) is 0.880. The zero-order valence-electron chi connectivity index (χ0n) is 10.9. The van der Waals surface area contributed by atoms with E-state index in [0.29, 0.717) is 12.5 Å². The normalized spacial score (nSPS) is 40.2. The van der Waals surface area contributed by atoms with E-state index >= 15 is 0 Å². The summed E-state index contributed by atoms with van der Waals surface area (Å²) in [5.74, 6) is 3.51. The highest BCUT2D eigenvalue weighted by Crippen LogP contribution is 2.72. The summed E-state index contributed by atoms with van der Waals surface area (Å²) in [7, 11) is 0. The van der Waals surface area contributed by atoms with Crippen molar-refractivity contribution in [1.29, 1.82) is 0 Å². The highest BCUT2D eigenvalue weighted by atomic mass is 16.4. The minimum absolute atomic E-state index is 0.378. The van der Waals surface area contributed by atoms with Crippen LogP contribution in [0.2, 0.25) is 0 Å². The third kappa shape index (κ3) is 1.55. The van der Waals surface area contributed by atoms with Gasteiger partial charge in [-0.3, -0.25) is 4.79 Å². The Hall–Kier alpha value is -1.46. The monoisotopic (exact) mass is 262 g/mol. The van der Waals surface area contributed by atoms with Crippen molar-refractivity contribution in [3.63, 3.8) is 0 Å². The summed E-state index contributed by atoms with van der Waals surface area (Å²) >= 11 is 0. The Bertz CT molecular complexity index is 512. The van der Waals surface area contributed by atoms with Gasteiger partial charge in [-0.2, -0.15) is 0 Å². The summed E-state index contributed by atoms with van der Waals surface area (Å²) in [4.78, 5) is 11.0. The summed E-state index contributed by atoms with van der Waals surface area (Å²) in [6.45, 7) is 2.08. The zero-order valence-corrected chi connectivity index (χ0v) is 10.9. The van der Waals surface area contributed by atoms with Gasteiger partial charge in [-0.25, -0.2) is 4.68 Å². The lowest BCUT2D eigenvalue weighted by Crippen LogP contribution is -2.19.